The van der Waals surface area contributed by atoms with E-state index in [4.69, 9.17) is 17.0 Å². The number of fused-ring (bicyclic) bond motifs is 1. The van der Waals surface area contributed by atoms with Crippen LogP contribution in [0.25, 0.3) is 0 Å². The summed E-state index contributed by atoms with van der Waals surface area (Å²) in [5.41, 5.74) is 2.87. The molecule has 0 bridgehead atoms. The zero-order valence-electron chi connectivity index (χ0n) is 15.0. The molecule has 0 spiro atoms. The number of ether oxygens (including phenoxy) is 1. The van der Waals surface area contributed by atoms with E-state index in [1.165, 1.54) is 20.4 Å². The van der Waals surface area contributed by atoms with Gasteiger partial charge in [-0.2, -0.15) is 0 Å². The van der Waals surface area contributed by atoms with Crippen LogP contribution in [-0.4, -0.2) is 29.9 Å². The molecule has 0 saturated carbocycles. The molecule has 26 heavy (non-hydrogen) atoms. The van der Waals surface area contributed by atoms with E-state index in [1.807, 2.05) is 14.0 Å². The van der Waals surface area contributed by atoms with Gasteiger partial charge in [-0.25, -0.2) is 0 Å². The molecule has 2 atom stereocenters. The minimum Gasteiger partial charge on any atom is -0.385 e. The van der Waals surface area contributed by atoms with Crippen molar-refractivity contribution in [1.82, 2.24) is 0 Å². The largest absolute Gasteiger partial charge is 0.385 e. The molecule has 6 heteroatoms. The number of nitrogens with zero attached hydrogens (tertiary/aromatic N) is 1. The van der Waals surface area contributed by atoms with Gasteiger partial charge in [0.25, 0.3) is 0 Å². The normalized spacial score (nSPS) is 26.0. The third kappa shape index (κ3) is 3.58. The third-order valence-electron chi connectivity index (χ3n) is 5.27. The number of hydrogen-bond donors (Lipinski definition) is 1. The Morgan fingerprint density at radius 3 is 3.00 bits per heavy atom. The Morgan fingerprint density at radius 2 is 2.19 bits per heavy atom. The highest BCUT2D eigenvalue weighted by Gasteiger charge is 2.35. The summed E-state index contributed by atoms with van der Waals surface area (Å²) in [6.07, 6.45) is 3.40. The monoisotopic (exact) mass is 405 g/mol. The van der Waals surface area contributed by atoms with Crippen LogP contribution in [0, 0.1) is 0 Å². The van der Waals surface area contributed by atoms with Gasteiger partial charge in [0.2, 0.25) is 0 Å². The van der Waals surface area contributed by atoms with E-state index < -0.39 is 5.60 Å². The molecule has 1 aromatic heterocycles. The fourth-order valence-electron chi connectivity index (χ4n) is 3.75. The van der Waals surface area contributed by atoms with Crippen LogP contribution in [0.15, 0.2) is 38.8 Å². The van der Waals surface area contributed by atoms with Gasteiger partial charge in [-0.3, -0.25) is 0 Å². The first-order valence-corrected chi connectivity index (χ1v) is 11.1. The van der Waals surface area contributed by atoms with Crippen LogP contribution in [0.4, 0.5) is 5.69 Å². The van der Waals surface area contributed by atoms with Gasteiger partial charge in [0.1, 0.15) is 0 Å². The Morgan fingerprint density at radius 1 is 1.35 bits per heavy atom. The first-order valence-electron chi connectivity index (χ1n) is 8.95. The summed E-state index contributed by atoms with van der Waals surface area (Å²) in [4.78, 5) is 4.37. The number of thiophene rings is 1. The SMILES string of the molecule is C[C@H]1C[C@@](O)(c2csc(Sc3ccc4c(c3)CCC(=S)N4C)c2)CCO1. The maximum Gasteiger partial charge on any atom is 0.0951 e. The molecule has 2 aliphatic rings. The van der Waals surface area contributed by atoms with E-state index in [0.29, 0.717) is 19.4 Å². The molecule has 0 aliphatic carbocycles. The number of aryl methyl sites for hydroxylation is 1. The molecule has 1 fully saturated rings. The van der Waals surface area contributed by atoms with Gasteiger partial charge >= 0.3 is 0 Å². The van der Waals surface area contributed by atoms with E-state index >= 15 is 0 Å². The number of hydrogen-bond acceptors (Lipinski definition) is 5. The topological polar surface area (TPSA) is 32.7 Å². The zero-order chi connectivity index (χ0) is 18.3. The van der Waals surface area contributed by atoms with Crippen molar-refractivity contribution in [3.63, 3.8) is 0 Å². The molecule has 2 aliphatic heterocycles. The molecule has 138 valence electrons. The van der Waals surface area contributed by atoms with Crippen molar-refractivity contribution in [2.24, 2.45) is 0 Å². The standard InChI is InChI=1S/C20H23NO2S3/c1-13-11-20(22,7-8-23-13)15-10-19(25-12-15)26-16-4-5-17-14(9-16)3-6-18(24)21(17)2/h4-5,9-10,12-13,22H,3,6-8,11H2,1-2H3/t13-,20+/m0/s1. The lowest BCUT2D eigenvalue weighted by molar-refractivity contribution is -0.101. The van der Waals surface area contributed by atoms with Gasteiger partial charge in [0, 0.05) is 36.9 Å². The summed E-state index contributed by atoms with van der Waals surface area (Å²) in [6.45, 7) is 2.65. The second kappa shape index (κ2) is 7.24. The quantitative estimate of drug-likeness (QED) is 0.727. The van der Waals surface area contributed by atoms with E-state index in [9.17, 15) is 5.11 Å². The van der Waals surface area contributed by atoms with Crippen LogP contribution in [0.1, 0.15) is 37.3 Å². The first-order chi connectivity index (χ1) is 12.4. The zero-order valence-corrected chi connectivity index (χ0v) is 17.5. The van der Waals surface area contributed by atoms with Crippen LogP contribution in [-0.2, 0) is 16.8 Å². The molecule has 2 aromatic rings. The Balaban J connectivity index is 1.52. The van der Waals surface area contributed by atoms with Crippen molar-refractivity contribution >= 4 is 46.0 Å². The minimum atomic E-state index is -0.749. The molecule has 3 nitrogen and oxygen atoms in total. The van der Waals surface area contributed by atoms with Crippen LogP contribution in [0.5, 0.6) is 0 Å². The van der Waals surface area contributed by atoms with Crippen molar-refractivity contribution in [3.05, 3.63) is 40.8 Å². The summed E-state index contributed by atoms with van der Waals surface area (Å²) in [6, 6.07) is 8.76. The van der Waals surface area contributed by atoms with Crippen LogP contribution in [0.2, 0.25) is 0 Å². The smallest absolute Gasteiger partial charge is 0.0951 e. The fourth-order valence-corrected chi connectivity index (χ4v) is 6.06. The Bertz CT molecular complexity index is 834. The molecule has 0 radical (unpaired) electrons. The van der Waals surface area contributed by atoms with E-state index in [0.717, 1.165) is 23.4 Å². The Hall–Kier alpha value is -0.920. The number of benzene rings is 1. The van der Waals surface area contributed by atoms with Crippen molar-refractivity contribution in [2.75, 3.05) is 18.6 Å². The molecule has 0 unspecified atom stereocenters. The highest BCUT2D eigenvalue weighted by Crippen LogP contribution is 2.41. The summed E-state index contributed by atoms with van der Waals surface area (Å²) in [5, 5.41) is 13.1. The average Bonchev–Trinajstić information content (AvgIpc) is 3.07. The van der Waals surface area contributed by atoms with E-state index in [1.54, 1.807) is 23.1 Å². The maximum atomic E-state index is 11.0. The summed E-state index contributed by atoms with van der Waals surface area (Å²) >= 11 is 8.89. The first kappa shape index (κ1) is 18.4. The lowest BCUT2D eigenvalue weighted by Crippen LogP contribution is -2.37. The Kier molecular flexibility index (Phi) is 5.14. The second-order valence-corrected chi connectivity index (χ2v) is 9.92. The highest BCUT2D eigenvalue weighted by atomic mass is 32.2. The van der Waals surface area contributed by atoms with Crippen molar-refractivity contribution < 1.29 is 9.84 Å². The van der Waals surface area contributed by atoms with Gasteiger partial charge in [0.05, 0.1) is 27.5 Å². The van der Waals surface area contributed by atoms with Gasteiger partial charge in [-0.15, -0.1) is 11.3 Å². The van der Waals surface area contributed by atoms with Gasteiger partial charge in [-0.05, 0) is 54.1 Å². The average molecular weight is 406 g/mol. The molecular weight excluding hydrogens is 382 g/mol. The lowest BCUT2D eigenvalue weighted by Gasteiger charge is -2.35. The predicted molar refractivity (Wildman–Crippen MR) is 113 cm³/mol. The molecule has 0 amide bonds. The number of anilines is 1. The summed E-state index contributed by atoms with van der Waals surface area (Å²) in [5.74, 6) is 0. The van der Waals surface area contributed by atoms with Gasteiger partial charge in [0.15, 0.2) is 0 Å². The van der Waals surface area contributed by atoms with E-state index in [2.05, 4.69) is 34.5 Å². The highest BCUT2D eigenvalue weighted by molar-refractivity contribution is 8.01. The molecule has 3 heterocycles. The van der Waals surface area contributed by atoms with Gasteiger partial charge < -0.3 is 14.7 Å². The van der Waals surface area contributed by atoms with Crippen LogP contribution in [0.3, 0.4) is 0 Å². The summed E-state index contributed by atoms with van der Waals surface area (Å²) in [7, 11) is 2.05. The minimum absolute atomic E-state index is 0.105. The number of rotatable bonds is 3. The molecular formula is C20H23NO2S3. The molecule has 1 aromatic carbocycles. The lowest BCUT2D eigenvalue weighted by atomic mass is 9.86. The van der Waals surface area contributed by atoms with Crippen molar-refractivity contribution in [1.29, 1.82) is 0 Å². The molecule has 4 rings (SSSR count). The summed E-state index contributed by atoms with van der Waals surface area (Å²) < 4.78 is 6.81. The number of thiocarbonyl (C=S) groups is 1. The van der Waals surface area contributed by atoms with E-state index in [-0.39, 0.29) is 6.10 Å². The van der Waals surface area contributed by atoms with Crippen LogP contribution < -0.4 is 4.90 Å². The number of aliphatic hydroxyl groups is 1. The third-order valence-corrected chi connectivity index (χ3v) is 7.82. The maximum absolute atomic E-state index is 11.0. The molecule has 1 N–H and O–H groups in total. The fraction of sp³-hybridized carbons (Fsp3) is 0.450. The second-order valence-electron chi connectivity index (χ2n) is 7.17. The van der Waals surface area contributed by atoms with Crippen LogP contribution >= 0.6 is 35.3 Å². The Labute approximate surface area is 168 Å². The van der Waals surface area contributed by atoms with Crippen molar-refractivity contribution in [2.45, 2.75) is 53.4 Å². The predicted octanol–water partition coefficient (Wildman–Crippen LogP) is 5.00. The van der Waals surface area contributed by atoms with Crippen molar-refractivity contribution in [3.8, 4) is 0 Å². The van der Waals surface area contributed by atoms with Gasteiger partial charge in [-0.1, -0.05) is 24.0 Å². The molecule has 1 saturated heterocycles.